The van der Waals surface area contributed by atoms with Crippen molar-refractivity contribution >= 4 is 38.2 Å². The molecule has 11 heteroatoms. The second kappa shape index (κ2) is 9.21. The van der Waals surface area contributed by atoms with Crippen LogP contribution >= 0.6 is 0 Å². The number of carbonyl (C=O) groups excluding carboxylic acids is 1. The molecule has 1 saturated heterocycles. The van der Waals surface area contributed by atoms with Crippen molar-refractivity contribution in [2.75, 3.05) is 23.9 Å². The minimum Gasteiger partial charge on any atom is -0.354 e. The quantitative estimate of drug-likeness (QED) is 0.572. The van der Waals surface area contributed by atoms with Crippen LogP contribution in [0, 0.1) is 5.92 Å². The number of pyridine rings is 2. The van der Waals surface area contributed by atoms with Crippen molar-refractivity contribution in [1.29, 1.82) is 0 Å². The van der Waals surface area contributed by atoms with Gasteiger partial charge in [0.2, 0.25) is 5.91 Å². The number of benzene rings is 1. The molecule has 0 saturated carbocycles. The number of rotatable bonds is 5. The SMILES string of the molecule is CN(C(=O)C1CCS(=O)(=O)CC1)[C@@H](c1ccc(Nc2cnc3cccnc3c2)cc1)C(F)(F)F. The molecule has 180 valence electrons. The molecule has 0 unspecified atom stereocenters. The van der Waals surface area contributed by atoms with Crippen molar-refractivity contribution in [3.05, 3.63) is 60.4 Å². The fourth-order valence-corrected chi connectivity index (χ4v) is 5.61. The lowest BCUT2D eigenvalue weighted by molar-refractivity contribution is -0.190. The predicted molar refractivity (Wildman–Crippen MR) is 122 cm³/mol. The first kappa shape index (κ1) is 23.9. The van der Waals surface area contributed by atoms with Gasteiger partial charge in [0.25, 0.3) is 0 Å². The molecule has 34 heavy (non-hydrogen) atoms. The number of nitrogens with zero attached hydrogens (tertiary/aromatic N) is 3. The minimum absolute atomic E-state index is 0.0353. The number of nitrogens with one attached hydrogen (secondary N) is 1. The Morgan fingerprint density at radius 3 is 2.38 bits per heavy atom. The Morgan fingerprint density at radius 1 is 1.06 bits per heavy atom. The van der Waals surface area contributed by atoms with Crippen LogP contribution in [0.4, 0.5) is 24.5 Å². The molecule has 0 spiro atoms. The van der Waals surface area contributed by atoms with Crippen molar-refractivity contribution in [3.63, 3.8) is 0 Å². The second-order valence-corrected chi connectivity index (χ2v) is 10.6. The first-order valence-corrected chi connectivity index (χ1v) is 12.5. The fourth-order valence-electron chi connectivity index (χ4n) is 4.12. The van der Waals surface area contributed by atoms with E-state index in [2.05, 4.69) is 15.3 Å². The summed E-state index contributed by atoms with van der Waals surface area (Å²) < 4.78 is 65.2. The predicted octanol–water partition coefficient (Wildman–Crippen LogP) is 4.26. The summed E-state index contributed by atoms with van der Waals surface area (Å²) in [6.07, 6.45) is -1.38. The lowest BCUT2D eigenvalue weighted by Gasteiger charge is -2.34. The summed E-state index contributed by atoms with van der Waals surface area (Å²) in [6, 6.07) is 8.89. The zero-order valence-electron chi connectivity index (χ0n) is 18.3. The maximum atomic E-state index is 14.0. The van der Waals surface area contributed by atoms with Gasteiger partial charge in [-0.3, -0.25) is 14.8 Å². The van der Waals surface area contributed by atoms with Crippen LogP contribution < -0.4 is 5.32 Å². The number of amides is 1. The molecule has 2 aromatic heterocycles. The molecule has 1 atom stereocenters. The highest BCUT2D eigenvalue weighted by molar-refractivity contribution is 7.91. The largest absolute Gasteiger partial charge is 0.413 e. The molecule has 0 bridgehead atoms. The summed E-state index contributed by atoms with van der Waals surface area (Å²) in [5, 5.41) is 3.09. The van der Waals surface area contributed by atoms with E-state index in [4.69, 9.17) is 0 Å². The number of hydrogen-bond acceptors (Lipinski definition) is 6. The molecule has 1 amide bonds. The Labute approximate surface area is 194 Å². The lowest BCUT2D eigenvalue weighted by atomic mass is 9.98. The topological polar surface area (TPSA) is 92.3 Å². The van der Waals surface area contributed by atoms with E-state index in [9.17, 15) is 26.4 Å². The molecule has 4 rings (SSSR count). The zero-order valence-corrected chi connectivity index (χ0v) is 19.1. The van der Waals surface area contributed by atoms with Crippen LogP contribution in [0.5, 0.6) is 0 Å². The maximum Gasteiger partial charge on any atom is 0.413 e. The molecule has 1 aliphatic rings. The van der Waals surface area contributed by atoms with Crippen LogP contribution in [0.25, 0.3) is 11.0 Å². The number of aromatic nitrogens is 2. The molecule has 1 fully saturated rings. The van der Waals surface area contributed by atoms with Crippen molar-refractivity contribution in [1.82, 2.24) is 14.9 Å². The molecular formula is C23H23F3N4O3S. The Hall–Kier alpha value is -3.21. The average Bonchev–Trinajstić information content (AvgIpc) is 2.79. The second-order valence-electron chi connectivity index (χ2n) is 8.33. The molecule has 1 aliphatic heterocycles. The number of halogens is 3. The molecular weight excluding hydrogens is 469 g/mol. The summed E-state index contributed by atoms with van der Waals surface area (Å²) in [4.78, 5) is 22.0. The van der Waals surface area contributed by atoms with Crippen LogP contribution in [0.15, 0.2) is 54.9 Å². The van der Waals surface area contributed by atoms with Crippen molar-refractivity contribution < 1.29 is 26.4 Å². The number of carbonyl (C=O) groups is 1. The Kier molecular flexibility index (Phi) is 6.48. The van der Waals surface area contributed by atoms with Crippen LogP contribution in [0.1, 0.15) is 24.4 Å². The van der Waals surface area contributed by atoms with Gasteiger partial charge in [-0.1, -0.05) is 12.1 Å². The number of hydrogen-bond donors (Lipinski definition) is 1. The lowest BCUT2D eigenvalue weighted by Crippen LogP contribution is -2.44. The van der Waals surface area contributed by atoms with Crippen molar-refractivity contribution in [3.8, 4) is 0 Å². The van der Waals surface area contributed by atoms with Gasteiger partial charge in [0.1, 0.15) is 9.84 Å². The van der Waals surface area contributed by atoms with E-state index in [1.807, 2.05) is 6.07 Å². The standard InChI is InChI=1S/C23H23F3N4O3S/c1-30(22(31)16-8-11-34(32,33)12-9-16)21(23(24,25)26)15-4-6-17(7-5-15)29-18-13-20-19(28-14-18)3-2-10-27-20/h2-7,10,13-14,16,21,29H,8-9,11-12H2,1H3/t21-/m0/s1. The maximum absolute atomic E-state index is 14.0. The van der Waals surface area contributed by atoms with E-state index >= 15 is 0 Å². The minimum atomic E-state index is -4.70. The van der Waals surface area contributed by atoms with E-state index < -0.39 is 33.9 Å². The van der Waals surface area contributed by atoms with Crippen molar-refractivity contribution in [2.45, 2.75) is 25.1 Å². The number of sulfone groups is 1. The average molecular weight is 493 g/mol. The van der Waals surface area contributed by atoms with E-state index in [0.29, 0.717) is 21.8 Å². The molecule has 0 radical (unpaired) electrons. The Balaban J connectivity index is 1.52. The van der Waals surface area contributed by atoms with E-state index in [0.717, 1.165) is 12.6 Å². The van der Waals surface area contributed by atoms with E-state index in [-0.39, 0.29) is 29.9 Å². The zero-order chi connectivity index (χ0) is 24.5. The summed E-state index contributed by atoms with van der Waals surface area (Å²) in [5.74, 6) is -1.82. The van der Waals surface area contributed by atoms with E-state index in [1.165, 1.54) is 24.3 Å². The summed E-state index contributed by atoms with van der Waals surface area (Å²) in [6.45, 7) is 0. The summed E-state index contributed by atoms with van der Waals surface area (Å²) in [7, 11) is -2.11. The van der Waals surface area contributed by atoms with Gasteiger partial charge in [-0.25, -0.2) is 8.42 Å². The normalized spacial score (nSPS) is 17.3. The summed E-state index contributed by atoms with van der Waals surface area (Å²) in [5.41, 5.74) is 2.49. The van der Waals surface area contributed by atoms with Gasteiger partial charge in [-0.05, 0) is 48.7 Å². The first-order valence-electron chi connectivity index (χ1n) is 10.6. The highest BCUT2D eigenvalue weighted by Gasteiger charge is 2.46. The first-order chi connectivity index (χ1) is 16.0. The molecule has 3 heterocycles. The van der Waals surface area contributed by atoms with Gasteiger partial charge >= 0.3 is 6.18 Å². The molecule has 1 aromatic carbocycles. The van der Waals surface area contributed by atoms with Gasteiger partial charge in [-0.2, -0.15) is 13.2 Å². The van der Waals surface area contributed by atoms with Gasteiger partial charge in [0, 0.05) is 24.8 Å². The van der Waals surface area contributed by atoms with E-state index in [1.54, 1.807) is 24.5 Å². The van der Waals surface area contributed by atoms with Gasteiger partial charge in [0.05, 0.1) is 34.4 Å². The smallest absolute Gasteiger partial charge is 0.354 e. The molecule has 7 nitrogen and oxygen atoms in total. The fraction of sp³-hybridized carbons (Fsp3) is 0.348. The van der Waals surface area contributed by atoms with Gasteiger partial charge < -0.3 is 10.2 Å². The van der Waals surface area contributed by atoms with Gasteiger partial charge in [-0.15, -0.1) is 0 Å². The third-order valence-corrected chi connectivity index (χ3v) is 7.63. The van der Waals surface area contributed by atoms with Crippen LogP contribution in [0.3, 0.4) is 0 Å². The third-order valence-electron chi connectivity index (χ3n) is 5.92. The molecule has 1 N–H and O–H groups in total. The van der Waals surface area contributed by atoms with Crippen LogP contribution in [0.2, 0.25) is 0 Å². The van der Waals surface area contributed by atoms with Crippen LogP contribution in [-0.4, -0.2) is 53.9 Å². The Morgan fingerprint density at radius 2 is 1.74 bits per heavy atom. The summed E-state index contributed by atoms with van der Waals surface area (Å²) >= 11 is 0. The highest BCUT2D eigenvalue weighted by atomic mass is 32.2. The number of anilines is 2. The van der Waals surface area contributed by atoms with Crippen LogP contribution in [-0.2, 0) is 14.6 Å². The monoisotopic (exact) mass is 492 g/mol. The number of fused-ring (bicyclic) bond motifs is 1. The third kappa shape index (κ3) is 5.30. The number of alkyl halides is 3. The molecule has 0 aliphatic carbocycles. The van der Waals surface area contributed by atoms with Gasteiger partial charge in [0.15, 0.2) is 6.04 Å². The Bertz CT molecular complexity index is 1280. The van der Waals surface area contributed by atoms with Crippen molar-refractivity contribution in [2.24, 2.45) is 5.92 Å². The molecule has 3 aromatic rings. The highest BCUT2D eigenvalue weighted by Crippen LogP contribution is 2.39.